The molecule has 10 nitrogen and oxygen atoms in total. The van der Waals surface area contributed by atoms with Gasteiger partial charge in [-0.05, 0) is 79.4 Å². The van der Waals surface area contributed by atoms with E-state index in [-0.39, 0.29) is 18.0 Å². The van der Waals surface area contributed by atoms with Gasteiger partial charge in [0.2, 0.25) is 5.91 Å². The molecule has 6 N–H and O–H groups in total. The molecule has 0 fully saturated rings. The summed E-state index contributed by atoms with van der Waals surface area (Å²) in [6, 6.07) is 17.4. The van der Waals surface area contributed by atoms with E-state index >= 15 is 0 Å². The van der Waals surface area contributed by atoms with Crippen LogP contribution in [-0.4, -0.2) is 51.7 Å². The summed E-state index contributed by atoms with van der Waals surface area (Å²) in [5, 5.41) is 26.4. The largest absolute Gasteiger partial charge is 0.391 e. The lowest BCUT2D eigenvalue weighted by atomic mass is 10.1. The van der Waals surface area contributed by atoms with Gasteiger partial charge in [-0.1, -0.05) is 17.9 Å². The summed E-state index contributed by atoms with van der Waals surface area (Å²) in [5.74, 6) is 10.2. The van der Waals surface area contributed by atoms with Gasteiger partial charge in [0.05, 0.1) is 12.6 Å². The number of rotatable bonds is 8. The lowest BCUT2D eigenvalue weighted by Gasteiger charge is -2.19. The van der Waals surface area contributed by atoms with Crippen molar-refractivity contribution >= 4 is 29.2 Å². The molecule has 3 amide bonds. The Hall–Kier alpha value is -5.16. The molecule has 2 aromatic carbocycles. The van der Waals surface area contributed by atoms with E-state index in [9.17, 15) is 19.5 Å². The van der Waals surface area contributed by atoms with Crippen LogP contribution in [0.15, 0.2) is 72.9 Å². The molecule has 10 heteroatoms. The van der Waals surface area contributed by atoms with Crippen molar-refractivity contribution in [2.75, 3.05) is 17.2 Å². The van der Waals surface area contributed by atoms with E-state index in [2.05, 4.69) is 44.6 Å². The van der Waals surface area contributed by atoms with Gasteiger partial charge in [-0.15, -0.1) is 0 Å². The van der Waals surface area contributed by atoms with E-state index in [1.807, 2.05) is 6.07 Å². The molecular formula is C28H25N5O5. The fraction of sp³-hybridized carbons (Fsp3) is 0.143. The zero-order valence-electron chi connectivity index (χ0n) is 20.4. The molecule has 0 aliphatic heterocycles. The third-order valence-electron chi connectivity index (χ3n) is 5.05. The Kier molecular flexibility index (Phi) is 9.96. The lowest BCUT2D eigenvalue weighted by Crippen LogP contribution is -2.51. The van der Waals surface area contributed by atoms with Crippen LogP contribution in [0, 0.1) is 23.7 Å². The van der Waals surface area contributed by atoms with Crippen molar-refractivity contribution < 1.29 is 24.7 Å². The summed E-state index contributed by atoms with van der Waals surface area (Å²) in [7, 11) is 0. The first-order valence-corrected chi connectivity index (χ1v) is 11.5. The number of nitrogens with one attached hydrogen (secondary N) is 4. The highest BCUT2D eigenvalue weighted by molar-refractivity contribution is 5.97. The van der Waals surface area contributed by atoms with Gasteiger partial charge in [-0.2, -0.15) is 0 Å². The fourth-order valence-corrected chi connectivity index (χ4v) is 3.09. The second kappa shape index (κ2) is 13.8. The topological polar surface area (TPSA) is 153 Å². The number of benzene rings is 2. The third kappa shape index (κ3) is 8.50. The van der Waals surface area contributed by atoms with Crippen LogP contribution in [-0.2, 0) is 9.59 Å². The maximum Gasteiger partial charge on any atom is 0.268 e. The number of aromatic nitrogens is 1. The van der Waals surface area contributed by atoms with E-state index in [1.165, 1.54) is 24.5 Å². The van der Waals surface area contributed by atoms with Crippen LogP contribution in [0.2, 0.25) is 0 Å². The molecular weight excluding hydrogens is 486 g/mol. The molecule has 3 aromatic rings. The number of hydroxylamine groups is 1. The predicted octanol–water partition coefficient (Wildman–Crippen LogP) is 1.52. The summed E-state index contributed by atoms with van der Waals surface area (Å²) in [6.07, 6.45) is 0.437. The molecule has 0 spiro atoms. The van der Waals surface area contributed by atoms with Gasteiger partial charge in [0.15, 0.2) is 0 Å². The number of nitrogens with zero attached hydrogens (tertiary/aromatic N) is 1. The van der Waals surface area contributed by atoms with Gasteiger partial charge in [-0.3, -0.25) is 19.6 Å². The minimum absolute atomic E-state index is 0.0864. The SMILES string of the molecule is C[C@@H](O)[C@H](NC(=O)c1ccc(C#CC#Cc2ccc(NC(=O)CNc3ccccn3)cc2)cc1)C(=O)NO. The van der Waals surface area contributed by atoms with Crippen LogP contribution in [0.4, 0.5) is 11.5 Å². The summed E-state index contributed by atoms with van der Waals surface area (Å²) < 4.78 is 0. The molecule has 192 valence electrons. The monoisotopic (exact) mass is 511 g/mol. The quantitative estimate of drug-likeness (QED) is 0.152. The average Bonchev–Trinajstić information content (AvgIpc) is 2.94. The van der Waals surface area contributed by atoms with Crippen LogP contribution in [0.25, 0.3) is 0 Å². The Bertz CT molecular complexity index is 1380. The van der Waals surface area contributed by atoms with Crippen molar-refractivity contribution in [2.24, 2.45) is 0 Å². The standard InChI is InChI=1S/C28H25N5O5/c1-19(34)26(28(37)33-38)32-27(36)22-13-9-20(10-14-22)6-2-3-7-21-11-15-23(16-12-21)31-25(35)18-30-24-8-4-5-17-29-24/h4-5,8-17,19,26,34,38H,18H2,1H3,(H,29,30)(H,31,35)(H,32,36)(H,33,37)/t19-,26+/m1/s1. The van der Waals surface area contributed by atoms with E-state index in [1.54, 1.807) is 54.7 Å². The molecule has 0 aliphatic carbocycles. The zero-order chi connectivity index (χ0) is 27.3. The van der Waals surface area contributed by atoms with Crippen LogP contribution < -0.4 is 21.4 Å². The predicted molar refractivity (Wildman–Crippen MR) is 141 cm³/mol. The van der Waals surface area contributed by atoms with Crippen LogP contribution in [0.1, 0.15) is 28.4 Å². The number of aliphatic hydroxyl groups is 1. The van der Waals surface area contributed by atoms with Crippen molar-refractivity contribution in [1.82, 2.24) is 15.8 Å². The highest BCUT2D eigenvalue weighted by Crippen LogP contribution is 2.09. The summed E-state index contributed by atoms with van der Waals surface area (Å²) in [5.41, 5.74) is 3.63. The second-order valence-corrected chi connectivity index (χ2v) is 7.94. The Morgan fingerprint density at radius 3 is 2.11 bits per heavy atom. The van der Waals surface area contributed by atoms with E-state index in [0.29, 0.717) is 17.1 Å². The number of amides is 3. The molecule has 2 atom stereocenters. The fourth-order valence-electron chi connectivity index (χ4n) is 3.09. The van der Waals surface area contributed by atoms with E-state index in [4.69, 9.17) is 5.21 Å². The number of carbonyl (C=O) groups is 3. The molecule has 3 rings (SSSR count). The third-order valence-corrected chi connectivity index (χ3v) is 5.05. The molecule has 0 saturated heterocycles. The lowest BCUT2D eigenvalue weighted by molar-refractivity contribution is -0.133. The van der Waals surface area contributed by atoms with Gasteiger partial charge < -0.3 is 21.1 Å². The van der Waals surface area contributed by atoms with Gasteiger partial charge in [0, 0.05) is 28.6 Å². The van der Waals surface area contributed by atoms with Crippen LogP contribution >= 0.6 is 0 Å². The number of anilines is 2. The first-order valence-electron chi connectivity index (χ1n) is 11.5. The van der Waals surface area contributed by atoms with Crippen LogP contribution in [0.3, 0.4) is 0 Å². The van der Waals surface area contributed by atoms with Crippen LogP contribution in [0.5, 0.6) is 0 Å². The van der Waals surface area contributed by atoms with Gasteiger partial charge in [-0.25, -0.2) is 10.5 Å². The second-order valence-electron chi connectivity index (χ2n) is 7.94. The van der Waals surface area contributed by atoms with Crippen molar-refractivity contribution in [2.45, 2.75) is 19.1 Å². The zero-order valence-corrected chi connectivity index (χ0v) is 20.4. The van der Waals surface area contributed by atoms with Crippen molar-refractivity contribution in [3.8, 4) is 23.7 Å². The first-order chi connectivity index (χ1) is 18.4. The van der Waals surface area contributed by atoms with Crippen molar-refractivity contribution in [3.63, 3.8) is 0 Å². The summed E-state index contributed by atoms with van der Waals surface area (Å²) in [6.45, 7) is 1.40. The number of aliphatic hydroxyl groups excluding tert-OH is 1. The summed E-state index contributed by atoms with van der Waals surface area (Å²) >= 11 is 0. The molecule has 0 unspecified atom stereocenters. The number of carbonyl (C=O) groups excluding carboxylic acids is 3. The Balaban J connectivity index is 1.51. The highest BCUT2D eigenvalue weighted by atomic mass is 16.5. The van der Waals surface area contributed by atoms with Gasteiger partial charge >= 0.3 is 0 Å². The van der Waals surface area contributed by atoms with Crippen molar-refractivity contribution in [1.29, 1.82) is 0 Å². The highest BCUT2D eigenvalue weighted by Gasteiger charge is 2.25. The molecule has 0 saturated carbocycles. The molecule has 1 aromatic heterocycles. The minimum atomic E-state index is -1.30. The average molecular weight is 512 g/mol. The number of hydrogen-bond donors (Lipinski definition) is 6. The maximum atomic E-state index is 12.3. The van der Waals surface area contributed by atoms with E-state index < -0.39 is 24.0 Å². The van der Waals surface area contributed by atoms with Gasteiger partial charge in [0.1, 0.15) is 11.9 Å². The van der Waals surface area contributed by atoms with Crippen molar-refractivity contribution in [3.05, 3.63) is 89.6 Å². The molecule has 0 bridgehead atoms. The smallest absolute Gasteiger partial charge is 0.268 e. The van der Waals surface area contributed by atoms with Gasteiger partial charge in [0.25, 0.3) is 11.8 Å². The molecule has 0 aliphatic rings. The maximum absolute atomic E-state index is 12.3. The minimum Gasteiger partial charge on any atom is -0.391 e. The Morgan fingerprint density at radius 1 is 0.921 bits per heavy atom. The first kappa shape index (κ1) is 27.4. The molecule has 38 heavy (non-hydrogen) atoms. The number of hydrogen-bond acceptors (Lipinski definition) is 7. The Labute approximate surface area is 219 Å². The normalized spacial score (nSPS) is 11.3. The van der Waals surface area contributed by atoms with E-state index in [0.717, 1.165) is 5.56 Å². The Morgan fingerprint density at radius 2 is 1.55 bits per heavy atom. The summed E-state index contributed by atoms with van der Waals surface area (Å²) in [4.78, 5) is 40.1. The molecule has 1 heterocycles. The number of pyridine rings is 1. The molecule has 0 radical (unpaired) electrons.